The van der Waals surface area contributed by atoms with Crippen LogP contribution >= 0.6 is 0 Å². The van der Waals surface area contributed by atoms with E-state index in [9.17, 15) is 4.39 Å². The van der Waals surface area contributed by atoms with Crippen LogP contribution in [0.15, 0.2) is 24.8 Å². The lowest BCUT2D eigenvalue weighted by Gasteiger charge is -2.29. The minimum Gasteiger partial charge on any atom is -0.365 e. The van der Waals surface area contributed by atoms with Gasteiger partial charge in [0.2, 0.25) is 0 Å². The first-order valence-corrected chi connectivity index (χ1v) is 7.99. The molecule has 21 heavy (non-hydrogen) atoms. The zero-order valence-corrected chi connectivity index (χ0v) is 13.5. The van der Waals surface area contributed by atoms with E-state index in [0.717, 1.165) is 30.8 Å². The maximum absolute atomic E-state index is 14.0. The summed E-state index contributed by atoms with van der Waals surface area (Å²) in [4.78, 5) is 2.37. The van der Waals surface area contributed by atoms with Crippen molar-refractivity contribution in [2.45, 2.75) is 52.1 Å². The van der Waals surface area contributed by atoms with Gasteiger partial charge in [-0.2, -0.15) is 0 Å². The van der Waals surface area contributed by atoms with E-state index in [4.69, 9.17) is 0 Å². The maximum atomic E-state index is 14.0. The van der Waals surface area contributed by atoms with Crippen LogP contribution < -0.4 is 10.2 Å². The van der Waals surface area contributed by atoms with E-state index in [-0.39, 0.29) is 11.9 Å². The molecule has 0 heterocycles. The number of benzene rings is 1. The summed E-state index contributed by atoms with van der Waals surface area (Å²) in [5.41, 5.74) is 2.93. The van der Waals surface area contributed by atoms with Crippen molar-refractivity contribution in [3.05, 3.63) is 41.7 Å². The molecular formula is C18H27FN2. The number of nitrogens with one attached hydrogen (secondary N) is 1. The molecule has 1 atom stereocenters. The van der Waals surface area contributed by atoms with E-state index in [1.54, 1.807) is 6.07 Å². The molecule has 0 aliphatic heterocycles. The molecule has 1 N–H and O–H groups in total. The molecule has 0 radical (unpaired) electrons. The Kier molecular flexibility index (Phi) is 5.40. The summed E-state index contributed by atoms with van der Waals surface area (Å²) >= 11 is 0. The molecule has 2 nitrogen and oxygen atoms in total. The van der Waals surface area contributed by atoms with E-state index in [0.29, 0.717) is 11.6 Å². The summed E-state index contributed by atoms with van der Waals surface area (Å²) in [6.45, 7) is 11.7. The van der Waals surface area contributed by atoms with Gasteiger partial charge in [-0.15, -0.1) is 6.58 Å². The van der Waals surface area contributed by atoms with Crippen molar-refractivity contribution in [3.63, 3.8) is 0 Å². The number of hydrogen-bond acceptors (Lipinski definition) is 2. The lowest BCUT2D eigenvalue weighted by molar-refractivity contribution is 0.559. The highest BCUT2D eigenvalue weighted by atomic mass is 19.1. The second-order valence-electron chi connectivity index (χ2n) is 6.01. The molecule has 1 saturated carbocycles. The Bertz CT molecular complexity index is 494. The van der Waals surface area contributed by atoms with Crippen molar-refractivity contribution >= 4 is 5.69 Å². The lowest BCUT2D eigenvalue weighted by atomic mass is 10.0. The normalized spacial score (nSPS) is 15.8. The summed E-state index contributed by atoms with van der Waals surface area (Å²) in [5, 5.41) is 3.47. The number of halogens is 1. The van der Waals surface area contributed by atoms with Gasteiger partial charge in [-0.05, 0) is 62.9 Å². The van der Waals surface area contributed by atoms with Gasteiger partial charge in [0.1, 0.15) is 5.82 Å². The molecule has 0 bridgehead atoms. The van der Waals surface area contributed by atoms with E-state index < -0.39 is 0 Å². The monoisotopic (exact) mass is 290 g/mol. The highest BCUT2D eigenvalue weighted by Crippen LogP contribution is 2.36. The summed E-state index contributed by atoms with van der Waals surface area (Å²) in [6.07, 6.45) is 5.46. The van der Waals surface area contributed by atoms with Crippen molar-refractivity contribution in [2.24, 2.45) is 0 Å². The average Bonchev–Trinajstić information content (AvgIpc) is 3.29. The number of rotatable bonds is 8. The van der Waals surface area contributed by atoms with Crippen LogP contribution in [0.1, 0.15) is 50.3 Å². The van der Waals surface area contributed by atoms with Gasteiger partial charge in [-0.25, -0.2) is 4.39 Å². The third-order valence-electron chi connectivity index (χ3n) is 4.10. The topological polar surface area (TPSA) is 15.3 Å². The molecule has 2 rings (SSSR count). The fraction of sp³-hybridized carbons (Fsp3) is 0.556. The van der Waals surface area contributed by atoms with Crippen LogP contribution in [-0.2, 0) is 0 Å². The minimum absolute atomic E-state index is 0.117. The van der Waals surface area contributed by atoms with E-state index in [2.05, 4.69) is 30.6 Å². The summed E-state index contributed by atoms with van der Waals surface area (Å²) < 4.78 is 14.0. The molecule has 0 amide bonds. The van der Waals surface area contributed by atoms with Crippen molar-refractivity contribution in [3.8, 4) is 0 Å². The first kappa shape index (κ1) is 16.0. The van der Waals surface area contributed by atoms with Gasteiger partial charge in [-0.3, -0.25) is 0 Å². The molecule has 1 aliphatic rings. The van der Waals surface area contributed by atoms with Crippen LogP contribution in [-0.4, -0.2) is 19.1 Å². The fourth-order valence-electron chi connectivity index (χ4n) is 2.72. The van der Waals surface area contributed by atoms with E-state index >= 15 is 0 Å². The van der Waals surface area contributed by atoms with Crippen LogP contribution in [0.4, 0.5) is 10.1 Å². The molecule has 1 unspecified atom stereocenters. The SMILES string of the molecule is C=CCN(c1cc(C)c(F)cc1C(C)NCCC)C1CC1. The third kappa shape index (κ3) is 3.85. The van der Waals surface area contributed by atoms with Crippen LogP contribution in [0, 0.1) is 12.7 Å². The van der Waals surface area contributed by atoms with Crippen LogP contribution in [0.3, 0.4) is 0 Å². The van der Waals surface area contributed by atoms with Crippen LogP contribution in [0.25, 0.3) is 0 Å². The molecule has 1 aromatic rings. The highest BCUT2D eigenvalue weighted by molar-refractivity contribution is 5.59. The predicted octanol–water partition coefficient (Wildman–Crippen LogP) is 4.35. The largest absolute Gasteiger partial charge is 0.365 e. The Balaban J connectivity index is 2.36. The smallest absolute Gasteiger partial charge is 0.126 e. The Labute approximate surface area is 128 Å². The van der Waals surface area contributed by atoms with Gasteiger partial charge < -0.3 is 10.2 Å². The Morgan fingerprint density at radius 1 is 1.48 bits per heavy atom. The zero-order chi connectivity index (χ0) is 15.4. The number of anilines is 1. The number of aryl methyl sites for hydroxylation is 1. The summed E-state index contributed by atoms with van der Waals surface area (Å²) in [7, 11) is 0. The van der Waals surface area contributed by atoms with Crippen molar-refractivity contribution in [1.82, 2.24) is 5.32 Å². The van der Waals surface area contributed by atoms with Crippen molar-refractivity contribution < 1.29 is 4.39 Å². The second kappa shape index (κ2) is 7.08. The minimum atomic E-state index is -0.117. The molecule has 0 spiro atoms. The van der Waals surface area contributed by atoms with Gasteiger partial charge in [-0.1, -0.05) is 13.0 Å². The summed E-state index contributed by atoms with van der Waals surface area (Å²) in [5.74, 6) is -0.117. The van der Waals surface area contributed by atoms with Crippen LogP contribution in [0.5, 0.6) is 0 Å². The lowest BCUT2D eigenvalue weighted by Crippen LogP contribution is -2.29. The molecule has 116 valence electrons. The first-order valence-electron chi connectivity index (χ1n) is 7.99. The van der Waals surface area contributed by atoms with Gasteiger partial charge in [0, 0.05) is 24.3 Å². The summed E-state index contributed by atoms with van der Waals surface area (Å²) in [6, 6.07) is 4.44. The predicted molar refractivity (Wildman–Crippen MR) is 88.4 cm³/mol. The molecule has 1 fully saturated rings. The number of nitrogens with zero attached hydrogens (tertiary/aromatic N) is 1. The van der Waals surface area contributed by atoms with Crippen molar-refractivity contribution in [1.29, 1.82) is 0 Å². The van der Waals surface area contributed by atoms with E-state index in [1.807, 2.05) is 19.1 Å². The fourth-order valence-corrected chi connectivity index (χ4v) is 2.72. The Hall–Kier alpha value is -1.35. The molecule has 1 aromatic carbocycles. The Morgan fingerprint density at radius 2 is 2.19 bits per heavy atom. The number of hydrogen-bond donors (Lipinski definition) is 1. The Morgan fingerprint density at radius 3 is 2.76 bits per heavy atom. The highest BCUT2D eigenvalue weighted by Gasteiger charge is 2.30. The van der Waals surface area contributed by atoms with Gasteiger partial charge >= 0.3 is 0 Å². The third-order valence-corrected chi connectivity index (χ3v) is 4.10. The van der Waals surface area contributed by atoms with E-state index in [1.165, 1.54) is 12.8 Å². The standard InChI is InChI=1S/C18H27FN2/c1-5-9-20-14(4)16-12-17(19)13(3)11-18(16)21(10-6-2)15-7-8-15/h6,11-12,14-15,20H,2,5,7-10H2,1,3-4H3. The van der Waals surface area contributed by atoms with Gasteiger partial charge in [0.15, 0.2) is 0 Å². The maximum Gasteiger partial charge on any atom is 0.126 e. The van der Waals surface area contributed by atoms with Gasteiger partial charge in [0.05, 0.1) is 0 Å². The van der Waals surface area contributed by atoms with Gasteiger partial charge in [0.25, 0.3) is 0 Å². The molecule has 3 heteroatoms. The second-order valence-corrected chi connectivity index (χ2v) is 6.01. The molecular weight excluding hydrogens is 263 g/mol. The quantitative estimate of drug-likeness (QED) is 0.716. The molecule has 0 aromatic heterocycles. The first-order chi connectivity index (χ1) is 10.1. The molecule has 0 saturated heterocycles. The zero-order valence-electron chi connectivity index (χ0n) is 13.5. The van der Waals surface area contributed by atoms with Crippen molar-refractivity contribution in [2.75, 3.05) is 18.0 Å². The van der Waals surface area contributed by atoms with Crippen LogP contribution in [0.2, 0.25) is 0 Å². The average molecular weight is 290 g/mol. The molecule has 1 aliphatic carbocycles.